The predicted octanol–water partition coefficient (Wildman–Crippen LogP) is 1.88. The van der Waals surface area contributed by atoms with Crippen molar-refractivity contribution in [2.24, 2.45) is 5.92 Å². The Morgan fingerprint density at radius 1 is 1.16 bits per heavy atom. The standard InChI is InChI=1S/C19H26N4O2/c1-13-12-14(6-9-20-13)18(24)22-10-7-15(8-11-22)23-17-5-3-2-4-16(17)21-19(23)25/h2-5,13-15,20H,6-12H2,1H3,(H,21,25)/t13-,14-/m0/s1. The van der Waals surface area contributed by atoms with Gasteiger partial charge >= 0.3 is 5.69 Å². The van der Waals surface area contributed by atoms with Gasteiger partial charge in [0.05, 0.1) is 11.0 Å². The molecule has 0 unspecified atom stereocenters. The van der Waals surface area contributed by atoms with E-state index in [0.717, 1.165) is 56.4 Å². The van der Waals surface area contributed by atoms with Gasteiger partial charge < -0.3 is 15.2 Å². The molecule has 1 amide bonds. The van der Waals surface area contributed by atoms with Crippen molar-refractivity contribution in [3.05, 3.63) is 34.7 Å². The van der Waals surface area contributed by atoms with E-state index in [1.807, 2.05) is 33.7 Å². The van der Waals surface area contributed by atoms with E-state index < -0.39 is 0 Å². The average molecular weight is 342 g/mol. The number of fused-ring (bicyclic) bond motifs is 1. The third kappa shape index (κ3) is 3.11. The first-order valence-electron chi connectivity index (χ1n) is 9.35. The van der Waals surface area contributed by atoms with E-state index in [1.165, 1.54) is 0 Å². The quantitative estimate of drug-likeness (QED) is 0.875. The molecule has 0 bridgehead atoms. The van der Waals surface area contributed by atoms with Crippen molar-refractivity contribution >= 4 is 16.9 Å². The van der Waals surface area contributed by atoms with Crippen molar-refractivity contribution in [2.45, 2.75) is 44.7 Å². The number of carbonyl (C=O) groups excluding carboxylic acids is 1. The molecule has 0 radical (unpaired) electrons. The molecule has 3 heterocycles. The number of imidazole rings is 1. The van der Waals surface area contributed by atoms with Gasteiger partial charge in [-0.05, 0) is 51.3 Å². The van der Waals surface area contributed by atoms with Crippen LogP contribution < -0.4 is 11.0 Å². The molecule has 6 heteroatoms. The molecule has 2 atom stereocenters. The van der Waals surface area contributed by atoms with Crippen molar-refractivity contribution < 1.29 is 4.79 Å². The van der Waals surface area contributed by atoms with E-state index in [-0.39, 0.29) is 17.6 Å². The summed E-state index contributed by atoms with van der Waals surface area (Å²) in [7, 11) is 0. The van der Waals surface area contributed by atoms with Gasteiger partial charge in [-0.2, -0.15) is 0 Å². The fourth-order valence-electron chi connectivity index (χ4n) is 4.40. The Kier molecular flexibility index (Phi) is 4.37. The van der Waals surface area contributed by atoms with Crippen LogP contribution in [-0.2, 0) is 4.79 Å². The first kappa shape index (κ1) is 16.4. The van der Waals surface area contributed by atoms with E-state index in [1.54, 1.807) is 0 Å². The monoisotopic (exact) mass is 342 g/mol. The highest BCUT2D eigenvalue weighted by Gasteiger charge is 2.31. The number of nitrogens with one attached hydrogen (secondary N) is 2. The predicted molar refractivity (Wildman–Crippen MR) is 97.6 cm³/mol. The number of nitrogens with zero attached hydrogens (tertiary/aromatic N) is 2. The minimum Gasteiger partial charge on any atom is -0.342 e. The van der Waals surface area contributed by atoms with Crippen LogP contribution in [0.2, 0.25) is 0 Å². The lowest BCUT2D eigenvalue weighted by Crippen LogP contribution is -2.47. The molecule has 0 aliphatic carbocycles. The van der Waals surface area contributed by atoms with Crippen LogP contribution in [0.4, 0.5) is 0 Å². The maximum Gasteiger partial charge on any atom is 0.326 e. The first-order valence-corrected chi connectivity index (χ1v) is 9.35. The molecular formula is C19H26N4O2. The lowest BCUT2D eigenvalue weighted by Gasteiger charge is -2.36. The molecule has 2 aliphatic rings. The Labute approximate surface area is 147 Å². The number of amides is 1. The van der Waals surface area contributed by atoms with Gasteiger partial charge in [0.2, 0.25) is 5.91 Å². The topological polar surface area (TPSA) is 70.1 Å². The maximum absolute atomic E-state index is 12.8. The van der Waals surface area contributed by atoms with Crippen molar-refractivity contribution in [3.63, 3.8) is 0 Å². The molecule has 25 heavy (non-hydrogen) atoms. The molecule has 1 aromatic heterocycles. The molecule has 2 aliphatic heterocycles. The van der Waals surface area contributed by atoms with Crippen molar-refractivity contribution in [1.82, 2.24) is 19.8 Å². The Balaban J connectivity index is 1.45. The van der Waals surface area contributed by atoms with Gasteiger partial charge in [-0.25, -0.2) is 4.79 Å². The van der Waals surface area contributed by atoms with Crippen LogP contribution >= 0.6 is 0 Å². The number of hydrogen-bond donors (Lipinski definition) is 2. The number of likely N-dealkylation sites (tertiary alicyclic amines) is 1. The van der Waals surface area contributed by atoms with Crippen LogP contribution in [0.5, 0.6) is 0 Å². The van der Waals surface area contributed by atoms with E-state index in [9.17, 15) is 9.59 Å². The molecule has 2 N–H and O–H groups in total. The van der Waals surface area contributed by atoms with Crippen LogP contribution in [-0.4, -0.2) is 46.0 Å². The number of piperidine rings is 2. The number of rotatable bonds is 2. The van der Waals surface area contributed by atoms with E-state index in [0.29, 0.717) is 11.9 Å². The van der Waals surface area contributed by atoms with Crippen molar-refractivity contribution in [3.8, 4) is 0 Å². The normalized spacial score (nSPS) is 25.4. The zero-order valence-corrected chi connectivity index (χ0v) is 14.7. The summed E-state index contributed by atoms with van der Waals surface area (Å²) in [5.41, 5.74) is 1.80. The lowest BCUT2D eigenvalue weighted by atomic mass is 9.91. The van der Waals surface area contributed by atoms with Gasteiger partial charge in [0.1, 0.15) is 0 Å². The summed E-state index contributed by atoms with van der Waals surface area (Å²) in [4.78, 5) is 30.1. The average Bonchev–Trinajstić information content (AvgIpc) is 2.97. The number of benzene rings is 1. The summed E-state index contributed by atoms with van der Waals surface area (Å²) >= 11 is 0. The number of aromatic amines is 1. The van der Waals surface area contributed by atoms with Crippen LogP contribution in [0.3, 0.4) is 0 Å². The number of aromatic nitrogens is 2. The second-order valence-electron chi connectivity index (χ2n) is 7.45. The fraction of sp³-hybridized carbons (Fsp3) is 0.579. The molecule has 1 aromatic carbocycles. The molecule has 6 nitrogen and oxygen atoms in total. The van der Waals surface area contributed by atoms with Gasteiger partial charge in [-0.1, -0.05) is 12.1 Å². The van der Waals surface area contributed by atoms with Gasteiger partial charge in [-0.15, -0.1) is 0 Å². The molecule has 0 saturated carbocycles. The van der Waals surface area contributed by atoms with Gasteiger partial charge in [0.15, 0.2) is 0 Å². The van der Waals surface area contributed by atoms with Crippen LogP contribution in [0.15, 0.2) is 29.1 Å². The summed E-state index contributed by atoms with van der Waals surface area (Å²) in [6, 6.07) is 8.41. The zero-order valence-electron chi connectivity index (χ0n) is 14.7. The molecule has 0 spiro atoms. The Morgan fingerprint density at radius 2 is 1.92 bits per heavy atom. The molecule has 2 fully saturated rings. The number of carbonyl (C=O) groups is 1. The summed E-state index contributed by atoms with van der Waals surface area (Å²) in [6.45, 7) is 4.56. The molecule has 134 valence electrons. The van der Waals surface area contributed by atoms with Crippen molar-refractivity contribution in [1.29, 1.82) is 0 Å². The maximum atomic E-state index is 12.8. The van der Waals surface area contributed by atoms with Crippen LogP contribution in [0.1, 0.15) is 38.6 Å². The summed E-state index contributed by atoms with van der Waals surface area (Å²) in [6.07, 6.45) is 3.55. The second-order valence-corrected chi connectivity index (χ2v) is 7.45. The minimum absolute atomic E-state index is 0.0434. The Bertz CT molecular complexity index is 816. The number of H-pyrrole nitrogens is 1. The van der Waals surface area contributed by atoms with E-state index in [4.69, 9.17) is 0 Å². The first-order chi connectivity index (χ1) is 12.1. The SMILES string of the molecule is C[C@H]1C[C@@H](C(=O)N2CCC(n3c(=O)[nH]c4ccccc43)CC2)CCN1. The number of para-hydroxylation sites is 2. The van der Waals surface area contributed by atoms with Gasteiger partial charge in [-0.3, -0.25) is 9.36 Å². The second kappa shape index (κ2) is 6.67. The summed E-state index contributed by atoms with van der Waals surface area (Å²) in [5.74, 6) is 0.460. The van der Waals surface area contributed by atoms with Gasteiger partial charge in [0.25, 0.3) is 0 Å². The summed E-state index contributed by atoms with van der Waals surface area (Å²) in [5, 5.41) is 3.41. The van der Waals surface area contributed by atoms with Crippen molar-refractivity contribution in [2.75, 3.05) is 19.6 Å². The largest absolute Gasteiger partial charge is 0.342 e. The highest BCUT2D eigenvalue weighted by molar-refractivity contribution is 5.79. The third-order valence-electron chi connectivity index (χ3n) is 5.74. The zero-order chi connectivity index (χ0) is 17.4. The van der Waals surface area contributed by atoms with E-state index >= 15 is 0 Å². The Hall–Kier alpha value is -2.08. The highest BCUT2D eigenvalue weighted by atomic mass is 16.2. The Morgan fingerprint density at radius 3 is 2.68 bits per heavy atom. The minimum atomic E-state index is -0.0434. The van der Waals surface area contributed by atoms with Crippen LogP contribution in [0.25, 0.3) is 11.0 Å². The lowest BCUT2D eigenvalue weighted by molar-refractivity contribution is -0.138. The smallest absolute Gasteiger partial charge is 0.326 e. The summed E-state index contributed by atoms with van der Waals surface area (Å²) < 4.78 is 1.88. The third-order valence-corrected chi connectivity index (χ3v) is 5.74. The van der Waals surface area contributed by atoms with Crippen LogP contribution in [0, 0.1) is 5.92 Å². The molecular weight excluding hydrogens is 316 g/mol. The molecule has 2 aromatic rings. The number of hydrogen-bond acceptors (Lipinski definition) is 3. The van der Waals surface area contributed by atoms with Gasteiger partial charge in [0, 0.05) is 31.1 Å². The highest BCUT2D eigenvalue weighted by Crippen LogP contribution is 2.27. The fourth-order valence-corrected chi connectivity index (χ4v) is 4.40. The van der Waals surface area contributed by atoms with E-state index in [2.05, 4.69) is 17.2 Å². The molecule has 4 rings (SSSR count). The molecule has 2 saturated heterocycles.